The Morgan fingerprint density at radius 2 is 1.86 bits per heavy atom. The van der Waals surface area contributed by atoms with E-state index in [0.29, 0.717) is 19.6 Å². The molecule has 2 aliphatic heterocycles. The van der Waals surface area contributed by atoms with Crippen LogP contribution < -0.4 is 19.5 Å². The van der Waals surface area contributed by atoms with Gasteiger partial charge < -0.3 is 24.3 Å². The summed E-state index contributed by atoms with van der Waals surface area (Å²) in [5, 5.41) is 3.34. The molecule has 0 saturated carbocycles. The summed E-state index contributed by atoms with van der Waals surface area (Å²) in [6, 6.07) is 18.6. The van der Waals surface area contributed by atoms with Crippen LogP contribution in [-0.2, 0) is 16.1 Å². The molecule has 6 nitrogen and oxygen atoms in total. The molecule has 0 amide bonds. The quantitative estimate of drug-likeness (QED) is 0.434. The van der Waals surface area contributed by atoms with E-state index < -0.39 is 0 Å². The molecule has 3 aromatic rings. The molecule has 2 aliphatic rings. The van der Waals surface area contributed by atoms with Gasteiger partial charge in [0.05, 0.1) is 20.1 Å². The van der Waals surface area contributed by atoms with Gasteiger partial charge in [0.25, 0.3) is 0 Å². The number of rotatable bonds is 8. The predicted molar refractivity (Wildman–Crippen MR) is 139 cm³/mol. The minimum absolute atomic E-state index is 0.0241. The molecular formula is C30H33NO5. The topological polar surface area (TPSA) is 66.0 Å². The van der Waals surface area contributed by atoms with Crippen molar-refractivity contribution >= 4 is 5.97 Å². The molecule has 188 valence electrons. The molecule has 1 saturated heterocycles. The number of methoxy groups -OCH3 is 1. The normalized spacial score (nSPS) is 18.4. The van der Waals surface area contributed by atoms with Crippen molar-refractivity contribution in [2.75, 3.05) is 26.8 Å². The molecular weight excluding hydrogens is 454 g/mol. The Balaban J connectivity index is 1.27. The van der Waals surface area contributed by atoms with Gasteiger partial charge in [-0.05, 0) is 78.9 Å². The van der Waals surface area contributed by atoms with Crippen LogP contribution in [0.1, 0.15) is 41.0 Å². The van der Waals surface area contributed by atoms with E-state index in [1.54, 1.807) is 0 Å². The molecule has 0 aromatic heterocycles. The van der Waals surface area contributed by atoms with Crippen LogP contribution in [0, 0.1) is 13.8 Å². The zero-order chi connectivity index (χ0) is 25.1. The number of carbonyl (C=O) groups is 1. The summed E-state index contributed by atoms with van der Waals surface area (Å²) < 4.78 is 22.9. The number of ether oxygens (including phenoxy) is 4. The first kappa shape index (κ1) is 24.2. The number of hydrogen-bond donors (Lipinski definition) is 1. The standard InChI is InChI=1S/C30H33NO5/c1-19-4-5-21(13-28(19)26-8-7-24(12-20(26)2)36-25-10-11-31-16-25)17-34-23-6-9-27-22(14-30(32)33-3)18-35-29(27)15-23/h4-9,12-13,15,22,25,31H,10-11,14,16-18H2,1-3H3/t22-,25+/m1/s1. The molecule has 3 aromatic carbocycles. The van der Waals surface area contributed by atoms with Crippen LogP contribution in [0.3, 0.4) is 0 Å². The highest BCUT2D eigenvalue weighted by molar-refractivity contribution is 5.72. The van der Waals surface area contributed by atoms with E-state index in [4.69, 9.17) is 18.9 Å². The van der Waals surface area contributed by atoms with E-state index >= 15 is 0 Å². The molecule has 0 unspecified atom stereocenters. The van der Waals surface area contributed by atoms with Gasteiger partial charge in [-0.3, -0.25) is 4.79 Å². The van der Waals surface area contributed by atoms with Crippen LogP contribution in [0.5, 0.6) is 17.2 Å². The fourth-order valence-electron chi connectivity index (χ4n) is 4.95. The van der Waals surface area contributed by atoms with Crippen LogP contribution in [0.15, 0.2) is 54.6 Å². The number of fused-ring (bicyclic) bond motifs is 1. The lowest BCUT2D eigenvalue weighted by atomic mass is 9.95. The fourth-order valence-corrected chi connectivity index (χ4v) is 4.95. The Morgan fingerprint density at radius 3 is 2.64 bits per heavy atom. The molecule has 1 N–H and O–H groups in total. The predicted octanol–water partition coefficient (Wildman–Crippen LogP) is 5.33. The maximum Gasteiger partial charge on any atom is 0.306 e. The van der Waals surface area contributed by atoms with Crippen molar-refractivity contribution in [3.63, 3.8) is 0 Å². The van der Waals surface area contributed by atoms with Crippen molar-refractivity contribution < 1.29 is 23.7 Å². The average Bonchev–Trinajstić information content (AvgIpc) is 3.53. The lowest BCUT2D eigenvalue weighted by molar-refractivity contribution is -0.141. The molecule has 0 bridgehead atoms. The van der Waals surface area contributed by atoms with E-state index in [-0.39, 0.29) is 18.0 Å². The summed E-state index contributed by atoms with van der Waals surface area (Å²) >= 11 is 0. The molecule has 0 spiro atoms. The van der Waals surface area contributed by atoms with Gasteiger partial charge >= 0.3 is 5.97 Å². The molecule has 2 heterocycles. The monoisotopic (exact) mass is 487 g/mol. The van der Waals surface area contributed by atoms with Gasteiger partial charge in [0.15, 0.2) is 0 Å². The first-order valence-corrected chi connectivity index (χ1v) is 12.5. The van der Waals surface area contributed by atoms with Gasteiger partial charge in [-0.1, -0.05) is 24.3 Å². The Morgan fingerprint density at radius 1 is 1.00 bits per heavy atom. The largest absolute Gasteiger partial charge is 0.492 e. The Hall–Kier alpha value is -3.51. The van der Waals surface area contributed by atoms with E-state index in [1.165, 1.54) is 29.4 Å². The van der Waals surface area contributed by atoms with E-state index in [1.807, 2.05) is 18.2 Å². The summed E-state index contributed by atoms with van der Waals surface area (Å²) in [5.41, 5.74) is 6.93. The fraction of sp³-hybridized carbons (Fsp3) is 0.367. The number of aryl methyl sites for hydroxylation is 2. The molecule has 36 heavy (non-hydrogen) atoms. The first-order chi connectivity index (χ1) is 17.5. The lowest BCUT2D eigenvalue weighted by Gasteiger charge is -2.16. The second-order valence-corrected chi connectivity index (χ2v) is 9.64. The Kier molecular flexibility index (Phi) is 7.14. The van der Waals surface area contributed by atoms with Gasteiger partial charge in [0.2, 0.25) is 0 Å². The second-order valence-electron chi connectivity index (χ2n) is 9.64. The zero-order valence-electron chi connectivity index (χ0n) is 21.1. The maximum absolute atomic E-state index is 11.7. The van der Waals surface area contributed by atoms with Gasteiger partial charge in [-0.15, -0.1) is 0 Å². The van der Waals surface area contributed by atoms with E-state index in [2.05, 4.69) is 55.6 Å². The van der Waals surface area contributed by atoms with Crippen molar-refractivity contribution in [2.45, 2.75) is 45.3 Å². The molecule has 2 atom stereocenters. The zero-order valence-corrected chi connectivity index (χ0v) is 21.1. The SMILES string of the molecule is COC(=O)C[C@@H]1COc2cc(OCc3ccc(C)c(-c4ccc(O[C@H]5CCNC5)cc4C)c3)ccc21. The minimum atomic E-state index is -0.226. The lowest BCUT2D eigenvalue weighted by Crippen LogP contribution is -2.19. The third-order valence-corrected chi connectivity index (χ3v) is 7.02. The molecule has 0 radical (unpaired) electrons. The van der Waals surface area contributed by atoms with Crippen LogP contribution in [0.2, 0.25) is 0 Å². The van der Waals surface area contributed by atoms with Crippen LogP contribution >= 0.6 is 0 Å². The summed E-state index contributed by atoms with van der Waals surface area (Å²) in [7, 11) is 1.41. The maximum atomic E-state index is 11.7. The van der Waals surface area contributed by atoms with Crippen molar-refractivity contribution in [1.82, 2.24) is 5.32 Å². The highest BCUT2D eigenvalue weighted by atomic mass is 16.5. The minimum Gasteiger partial charge on any atom is -0.492 e. The third-order valence-electron chi connectivity index (χ3n) is 7.02. The average molecular weight is 488 g/mol. The molecule has 1 fully saturated rings. The highest BCUT2D eigenvalue weighted by Gasteiger charge is 2.27. The Labute approximate surface area is 212 Å². The van der Waals surface area contributed by atoms with Crippen LogP contribution in [0.25, 0.3) is 11.1 Å². The number of hydrogen-bond acceptors (Lipinski definition) is 6. The molecule has 5 rings (SSSR count). The smallest absolute Gasteiger partial charge is 0.306 e. The first-order valence-electron chi connectivity index (χ1n) is 12.5. The van der Waals surface area contributed by atoms with Gasteiger partial charge in [-0.2, -0.15) is 0 Å². The van der Waals surface area contributed by atoms with Gasteiger partial charge in [-0.25, -0.2) is 0 Å². The number of benzene rings is 3. The molecule has 6 heteroatoms. The Bertz CT molecular complexity index is 1250. The van der Waals surface area contributed by atoms with Gasteiger partial charge in [0.1, 0.15) is 30.0 Å². The van der Waals surface area contributed by atoms with Crippen molar-refractivity contribution in [3.8, 4) is 28.4 Å². The van der Waals surface area contributed by atoms with E-state index in [0.717, 1.165) is 47.9 Å². The highest BCUT2D eigenvalue weighted by Crippen LogP contribution is 2.38. The van der Waals surface area contributed by atoms with Crippen molar-refractivity contribution in [3.05, 3.63) is 76.9 Å². The molecule has 0 aliphatic carbocycles. The number of nitrogens with one attached hydrogen (secondary N) is 1. The van der Waals surface area contributed by atoms with Gasteiger partial charge in [0, 0.05) is 24.1 Å². The summed E-state index contributed by atoms with van der Waals surface area (Å²) in [6.45, 7) is 7.13. The van der Waals surface area contributed by atoms with Crippen molar-refractivity contribution in [1.29, 1.82) is 0 Å². The number of carbonyl (C=O) groups excluding carboxylic acids is 1. The summed E-state index contributed by atoms with van der Waals surface area (Å²) in [5.74, 6) is 2.24. The van der Waals surface area contributed by atoms with E-state index in [9.17, 15) is 4.79 Å². The van der Waals surface area contributed by atoms with Crippen molar-refractivity contribution in [2.24, 2.45) is 0 Å². The number of esters is 1. The second kappa shape index (κ2) is 10.6. The van der Waals surface area contributed by atoms with Crippen LogP contribution in [0.4, 0.5) is 0 Å². The third kappa shape index (κ3) is 5.34. The van der Waals surface area contributed by atoms with Crippen LogP contribution in [-0.4, -0.2) is 38.9 Å². The summed E-state index contributed by atoms with van der Waals surface area (Å²) in [4.78, 5) is 11.7. The summed E-state index contributed by atoms with van der Waals surface area (Å²) in [6.07, 6.45) is 1.62.